The van der Waals surface area contributed by atoms with Crippen molar-refractivity contribution in [1.29, 1.82) is 0 Å². The number of ketones is 1. The summed E-state index contributed by atoms with van der Waals surface area (Å²) in [5.41, 5.74) is 0. The summed E-state index contributed by atoms with van der Waals surface area (Å²) in [5.74, 6) is -0.00235. The van der Waals surface area contributed by atoms with E-state index in [-0.39, 0.29) is 23.7 Å². The molecular formula is C11H21NO2. The molecule has 0 saturated carbocycles. The van der Waals surface area contributed by atoms with Crippen LogP contribution in [0.15, 0.2) is 0 Å². The highest BCUT2D eigenvalue weighted by Crippen LogP contribution is 2.07. The zero-order valence-corrected chi connectivity index (χ0v) is 9.59. The van der Waals surface area contributed by atoms with Crippen molar-refractivity contribution in [3.63, 3.8) is 0 Å². The normalized spacial score (nSPS) is 12.6. The second-order valence-corrected chi connectivity index (χ2v) is 3.95. The van der Waals surface area contributed by atoms with Crippen LogP contribution in [0.4, 0.5) is 0 Å². The van der Waals surface area contributed by atoms with Crippen LogP contribution in [0.2, 0.25) is 0 Å². The smallest absolute Gasteiger partial charge is 0.217 e. The van der Waals surface area contributed by atoms with Crippen molar-refractivity contribution >= 4 is 11.7 Å². The molecule has 14 heavy (non-hydrogen) atoms. The fraction of sp³-hybridized carbons (Fsp3) is 0.818. The molecule has 0 aliphatic rings. The lowest BCUT2D eigenvalue weighted by molar-refractivity contribution is -0.128. The monoisotopic (exact) mass is 199 g/mol. The van der Waals surface area contributed by atoms with Crippen LogP contribution in [0.25, 0.3) is 0 Å². The van der Waals surface area contributed by atoms with Gasteiger partial charge in [0, 0.05) is 12.8 Å². The highest BCUT2D eigenvalue weighted by molar-refractivity contribution is 5.89. The lowest BCUT2D eigenvalue weighted by atomic mass is 9.97. The first kappa shape index (κ1) is 13.1. The highest BCUT2D eigenvalue weighted by Gasteiger charge is 2.20. The molecule has 0 fully saturated rings. The SMILES string of the molecule is CCCCC(NC(C)=O)C(=O)C(C)C. The molecule has 0 rings (SSSR count). The van der Waals surface area contributed by atoms with Crippen molar-refractivity contribution in [2.24, 2.45) is 5.92 Å². The van der Waals surface area contributed by atoms with E-state index >= 15 is 0 Å². The Morgan fingerprint density at radius 3 is 2.21 bits per heavy atom. The van der Waals surface area contributed by atoms with Gasteiger partial charge in [-0.2, -0.15) is 0 Å². The molecule has 1 unspecified atom stereocenters. The third-order valence-electron chi connectivity index (χ3n) is 2.14. The minimum Gasteiger partial charge on any atom is -0.347 e. The first-order chi connectivity index (χ1) is 6.49. The molecule has 0 aliphatic carbocycles. The fourth-order valence-electron chi connectivity index (χ4n) is 1.34. The largest absolute Gasteiger partial charge is 0.347 e. The summed E-state index contributed by atoms with van der Waals surface area (Å²) in [6.07, 6.45) is 2.78. The number of hydrogen-bond acceptors (Lipinski definition) is 2. The van der Waals surface area contributed by atoms with Gasteiger partial charge in [0.25, 0.3) is 0 Å². The van der Waals surface area contributed by atoms with Crippen LogP contribution in [0.3, 0.4) is 0 Å². The van der Waals surface area contributed by atoms with Gasteiger partial charge in [-0.25, -0.2) is 0 Å². The molecule has 1 amide bonds. The van der Waals surface area contributed by atoms with Crippen LogP contribution in [-0.2, 0) is 9.59 Å². The van der Waals surface area contributed by atoms with Crippen LogP contribution >= 0.6 is 0 Å². The van der Waals surface area contributed by atoms with Crippen molar-refractivity contribution in [2.45, 2.75) is 53.0 Å². The molecule has 0 bridgehead atoms. The molecular weight excluding hydrogens is 178 g/mol. The molecule has 0 aliphatic heterocycles. The summed E-state index contributed by atoms with van der Waals surface area (Å²) in [5, 5.41) is 2.71. The summed E-state index contributed by atoms with van der Waals surface area (Å²) in [6, 6.07) is -0.285. The van der Waals surface area contributed by atoms with Gasteiger partial charge >= 0.3 is 0 Å². The van der Waals surface area contributed by atoms with Crippen molar-refractivity contribution in [3.8, 4) is 0 Å². The molecule has 82 valence electrons. The highest BCUT2D eigenvalue weighted by atomic mass is 16.2. The second-order valence-electron chi connectivity index (χ2n) is 3.95. The number of Topliss-reactive ketones (excluding diaryl/α,β-unsaturated/α-hetero) is 1. The molecule has 0 aromatic rings. The van der Waals surface area contributed by atoms with Gasteiger partial charge < -0.3 is 5.32 Å². The van der Waals surface area contributed by atoms with Crippen LogP contribution in [0, 0.1) is 5.92 Å². The molecule has 0 spiro atoms. The molecule has 3 heteroatoms. The molecule has 0 aromatic heterocycles. The Bertz CT molecular complexity index is 199. The van der Waals surface area contributed by atoms with E-state index in [9.17, 15) is 9.59 Å². The van der Waals surface area contributed by atoms with Gasteiger partial charge in [-0.3, -0.25) is 9.59 Å². The molecule has 1 N–H and O–H groups in total. The fourth-order valence-corrected chi connectivity index (χ4v) is 1.34. The summed E-state index contributed by atoms with van der Waals surface area (Å²) in [4.78, 5) is 22.6. The summed E-state index contributed by atoms with van der Waals surface area (Å²) in [6.45, 7) is 7.25. The van der Waals surface area contributed by atoms with Gasteiger partial charge in [-0.15, -0.1) is 0 Å². The van der Waals surface area contributed by atoms with E-state index in [2.05, 4.69) is 12.2 Å². The second kappa shape index (κ2) is 6.57. The minimum absolute atomic E-state index is 0.0105. The Hall–Kier alpha value is -0.860. The van der Waals surface area contributed by atoms with Gasteiger partial charge in [0.2, 0.25) is 5.91 Å². The Morgan fingerprint density at radius 1 is 1.29 bits per heavy atom. The van der Waals surface area contributed by atoms with Crippen LogP contribution in [0.5, 0.6) is 0 Å². The summed E-state index contributed by atoms with van der Waals surface area (Å²) >= 11 is 0. The van der Waals surface area contributed by atoms with Crippen LogP contribution in [-0.4, -0.2) is 17.7 Å². The number of hydrogen-bond donors (Lipinski definition) is 1. The van der Waals surface area contributed by atoms with Gasteiger partial charge in [0.15, 0.2) is 5.78 Å². The maximum Gasteiger partial charge on any atom is 0.217 e. The van der Waals surface area contributed by atoms with Crippen molar-refractivity contribution in [1.82, 2.24) is 5.32 Å². The Labute approximate surface area is 86.3 Å². The molecule has 0 saturated heterocycles. The van der Waals surface area contributed by atoms with E-state index in [0.29, 0.717) is 0 Å². The van der Waals surface area contributed by atoms with E-state index in [4.69, 9.17) is 0 Å². The van der Waals surface area contributed by atoms with Gasteiger partial charge in [-0.1, -0.05) is 33.6 Å². The van der Waals surface area contributed by atoms with Crippen molar-refractivity contribution < 1.29 is 9.59 Å². The minimum atomic E-state index is -0.285. The molecule has 0 aromatic carbocycles. The first-order valence-electron chi connectivity index (χ1n) is 5.29. The standard InChI is InChI=1S/C11H21NO2/c1-5-6-7-10(12-9(4)13)11(14)8(2)3/h8,10H,5-7H2,1-4H3,(H,12,13). The van der Waals surface area contributed by atoms with E-state index in [1.54, 1.807) is 0 Å². The number of carbonyl (C=O) groups is 2. The number of rotatable bonds is 6. The van der Waals surface area contributed by atoms with E-state index in [1.165, 1.54) is 6.92 Å². The number of amides is 1. The molecule has 1 atom stereocenters. The molecule has 0 heterocycles. The Balaban J connectivity index is 4.22. The predicted octanol–water partition coefficient (Wildman–Crippen LogP) is 1.91. The quantitative estimate of drug-likeness (QED) is 0.710. The number of nitrogens with one attached hydrogen (secondary N) is 1. The van der Waals surface area contributed by atoms with E-state index in [1.807, 2.05) is 13.8 Å². The van der Waals surface area contributed by atoms with Crippen molar-refractivity contribution in [3.05, 3.63) is 0 Å². The van der Waals surface area contributed by atoms with Crippen molar-refractivity contribution in [2.75, 3.05) is 0 Å². The maximum absolute atomic E-state index is 11.7. The lowest BCUT2D eigenvalue weighted by Gasteiger charge is -2.18. The number of carbonyl (C=O) groups excluding carboxylic acids is 2. The van der Waals surface area contributed by atoms with Gasteiger partial charge in [0.1, 0.15) is 0 Å². The van der Waals surface area contributed by atoms with Crippen LogP contribution in [0.1, 0.15) is 47.0 Å². The van der Waals surface area contributed by atoms with E-state index in [0.717, 1.165) is 19.3 Å². The number of unbranched alkanes of at least 4 members (excludes halogenated alkanes) is 1. The summed E-state index contributed by atoms with van der Waals surface area (Å²) < 4.78 is 0. The maximum atomic E-state index is 11.7. The van der Waals surface area contributed by atoms with Gasteiger partial charge in [0.05, 0.1) is 6.04 Å². The summed E-state index contributed by atoms with van der Waals surface area (Å²) in [7, 11) is 0. The average molecular weight is 199 g/mol. The van der Waals surface area contributed by atoms with Crippen LogP contribution < -0.4 is 5.32 Å². The van der Waals surface area contributed by atoms with Gasteiger partial charge in [-0.05, 0) is 6.42 Å². The third-order valence-corrected chi connectivity index (χ3v) is 2.14. The molecule has 0 radical (unpaired) electrons. The third kappa shape index (κ3) is 5.00. The predicted molar refractivity (Wildman–Crippen MR) is 57.0 cm³/mol. The zero-order valence-electron chi connectivity index (χ0n) is 9.59. The van der Waals surface area contributed by atoms with E-state index < -0.39 is 0 Å². The Morgan fingerprint density at radius 2 is 1.86 bits per heavy atom. The molecule has 3 nitrogen and oxygen atoms in total. The Kier molecular flexibility index (Phi) is 6.17. The average Bonchev–Trinajstić information content (AvgIpc) is 2.10. The topological polar surface area (TPSA) is 46.2 Å². The lowest BCUT2D eigenvalue weighted by Crippen LogP contribution is -2.41. The first-order valence-corrected chi connectivity index (χ1v) is 5.29. The zero-order chi connectivity index (χ0) is 11.1.